The van der Waals surface area contributed by atoms with Crippen molar-refractivity contribution in [3.63, 3.8) is 0 Å². The molecule has 0 aliphatic carbocycles. The topological polar surface area (TPSA) is 291 Å². The number of esters is 1. The van der Waals surface area contributed by atoms with Gasteiger partial charge in [-0.05, 0) is 88.1 Å². The number of nitrogens with zero attached hydrogens (tertiary/aromatic N) is 3. The van der Waals surface area contributed by atoms with Gasteiger partial charge in [0, 0.05) is 63.8 Å². The lowest BCUT2D eigenvalue weighted by molar-refractivity contribution is -0.156. The molecule has 3 aromatic carbocycles. The van der Waals surface area contributed by atoms with Gasteiger partial charge in [0.2, 0.25) is 17.7 Å². The smallest absolute Gasteiger partial charge is 0.409 e. The number of unbranched alkanes of at least 4 members (excludes halogenated alkanes) is 2. The van der Waals surface area contributed by atoms with E-state index in [1.807, 2.05) is 13.0 Å². The van der Waals surface area contributed by atoms with E-state index in [1.165, 1.54) is 51.3 Å². The highest BCUT2D eigenvalue weighted by Crippen LogP contribution is 2.47. The predicted molar refractivity (Wildman–Crippen MR) is 285 cm³/mol. The SMILES string of the molecule is COc1cc2cc(c1Cl)N(C)C(=O)C[C@H](OC(=O)COc1cccc(/C(C)=N/NC(=O)c3ccc(NC(=O)CCCCCN4CC=CC4=O)cc3S(=O)(=O)O)c1)C1(C)OC1CC1C[C@@](O)(NC(=O)O1)[C@H](OC)/C=C/C=C(\C)C2. The first-order chi connectivity index (χ1) is 37.0. The number of methoxy groups -OCH3 is 2. The Balaban J connectivity index is 1.01. The van der Waals surface area contributed by atoms with Gasteiger partial charge in [-0.3, -0.25) is 29.0 Å². The van der Waals surface area contributed by atoms with Gasteiger partial charge in [-0.2, -0.15) is 13.5 Å². The highest BCUT2D eigenvalue weighted by Gasteiger charge is 2.61. The number of rotatable bonds is 17. The van der Waals surface area contributed by atoms with Gasteiger partial charge in [0.1, 0.15) is 45.3 Å². The quantitative estimate of drug-likeness (QED) is 0.0267. The summed E-state index contributed by atoms with van der Waals surface area (Å²) < 4.78 is 69.7. The fraction of sp³-hybridized carbons (Fsp3) is 0.426. The number of fused-ring (bicyclic) bond motifs is 5. The summed E-state index contributed by atoms with van der Waals surface area (Å²) in [6.45, 7) is 5.57. The standard InChI is InChI=1S/C54H63ClN6O16S/c1-32-13-10-16-43(73-6)54(68)30-38(75-52(67)57-54)28-45-53(3,77-45)44(29-48(64)60(4)40-24-34(23-32)25-41(72-5)50(40)55)76-49(65)31-74-37-15-11-14-35(26-37)33(2)58-59-51(66)39-20-19-36(27-42(39)78(69,70)71)56-46(62)17-8-7-9-21-61-22-12-18-47(61)63/h10-16,18-20,24-27,38,43-45,68H,7-9,17,21-23,28-31H2,1-6H3,(H,56,62)(H,57,67)(H,59,66)(H,69,70,71)/b16-10+,32-13+,58-33+/t38?,43-,44+,45?,53?,54+/m1/s1. The Hall–Kier alpha value is -7.15. The number of nitrogens with one attached hydrogen (secondary N) is 3. The third-order valence-electron chi connectivity index (χ3n) is 13.7. The molecule has 7 rings (SSSR count). The van der Waals surface area contributed by atoms with E-state index in [2.05, 4.69) is 21.2 Å². The van der Waals surface area contributed by atoms with Crippen molar-refractivity contribution in [1.82, 2.24) is 15.6 Å². The zero-order valence-corrected chi connectivity index (χ0v) is 45.5. The van der Waals surface area contributed by atoms with Crippen LogP contribution in [0.4, 0.5) is 16.2 Å². The van der Waals surface area contributed by atoms with Gasteiger partial charge in [-0.25, -0.2) is 15.0 Å². The molecular formula is C54H63ClN6O16S. The summed E-state index contributed by atoms with van der Waals surface area (Å²) in [6, 6.07) is 13.2. The van der Waals surface area contributed by atoms with Crippen LogP contribution in [0.1, 0.15) is 87.2 Å². The lowest BCUT2D eigenvalue weighted by atomic mass is 9.90. The van der Waals surface area contributed by atoms with Crippen LogP contribution < -0.4 is 30.4 Å². The maximum absolute atomic E-state index is 14.3. The lowest BCUT2D eigenvalue weighted by Gasteiger charge is -2.40. The third kappa shape index (κ3) is 14.7. The zero-order chi connectivity index (χ0) is 56.5. The van der Waals surface area contributed by atoms with Crippen molar-refractivity contribution in [2.45, 2.75) is 113 Å². The van der Waals surface area contributed by atoms with Crippen molar-refractivity contribution in [2.75, 3.05) is 51.2 Å². The lowest BCUT2D eigenvalue weighted by Crippen LogP contribution is -2.62. The average molecular weight is 1120 g/mol. The molecule has 0 radical (unpaired) electrons. The summed E-state index contributed by atoms with van der Waals surface area (Å²) in [6.07, 6.45) is 5.73. The average Bonchev–Trinajstić information content (AvgIpc) is 3.86. The van der Waals surface area contributed by atoms with E-state index in [-0.39, 0.29) is 47.3 Å². The molecule has 4 heterocycles. The van der Waals surface area contributed by atoms with Crippen LogP contribution in [0, 0.1) is 0 Å². The fourth-order valence-corrected chi connectivity index (χ4v) is 10.4. The van der Waals surface area contributed by atoms with Gasteiger partial charge in [-0.1, -0.05) is 60.0 Å². The number of hydrazone groups is 1. The largest absolute Gasteiger partial charge is 0.495 e. The summed E-state index contributed by atoms with van der Waals surface area (Å²) >= 11 is 6.79. The summed E-state index contributed by atoms with van der Waals surface area (Å²) in [7, 11) is -0.579. The monoisotopic (exact) mass is 1120 g/mol. The summed E-state index contributed by atoms with van der Waals surface area (Å²) in [4.78, 5) is 80.8. The Labute approximate surface area is 456 Å². The van der Waals surface area contributed by atoms with Gasteiger partial charge >= 0.3 is 12.1 Å². The van der Waals surface area contributed by atoms with Crippen LogP contribution in [0.25, 0.3) is 0 Å². The van der Waals surface area contributed by atoms with Crippen LogP contribution in [-0.2, 0) is 54.7 Å². The van der Waals surface area contributed by atoms with Crippen molar-refractivity contribution in [3.8, 4) is 11.5 Å². The molecule has 6 atom stereocenters. The highest BCUT2D eigenvalue weighted by molar-refractivity contribution is 7.86. The Morgan fingerprint density at radius 3 is 2.55 bits per heavy atom. The van der Waals surface area contributed by atoms with Crippen LogP contribution in [0.5, 0.6) is 11.5 Å². The molecule has 2 saturated heterocycles. The van der Waals surface area contributed by atoms with Gasteiger partial charge < -0.3 is 48.6 Å². The minimum atomic E-state index is -4.96. The number of alkyl carbamates (subject to hydrolysis) is 1. The third-order valence-corrected chi connectivity index (χ3v) is 15.0. The molecule has 418 valence electrons. The number of aliphatic hydroxyl groups is 1. The second-order valence-corrected chi connectivity index (χ2v) is 21.3. The number of hydrogen-bond donors (Lipinski definition) is 5. The van der Waals surface area contributed by atoms with Crippen LogP contribution in [0.2, 0.25) is 5.02 Å². The molecule has 0 spiro atoms. The van der Waals surface area contributed by atoms with E-state index in [1.54, 1.807) is 60.4 Å². The Bertz CT molecular complexity index is 3060. The molecule has 22 nitrogen and oxygen atoms in total. The van der Waals surface area contributed by atoms with Crippen LogP contribution in [0.3, 0.4) is 0 Å². The van der Waals surface area contributed by atoms with E-state index in [0.717, 1.165) is 23.3 Å². The van der Waals surface area contributed by atoms with E-state index >= 15 is 0 Å². The maximum atomic E-state index is 14.3. The number of anilines is 2. The van der Waals surface area contributed by atoms with Gasteiger partial charge in [0.25, 0.3) is 16.0 Å². The molecule has 2 fully saturated rings. The minimum absolute atomic E-state index is 0.0301. The summed E-state index contributed by atoms with van der Waals surface area (Å²) in [5.41, 5.74) is 1.30. The van der Waals surface area contributed by atoms with Crippen molar-refractivity contribution in [3.05, 3.63) is 112 Å². The first kappa shape index (κ1) is 58.5. The Morgan fingerprint density at radius 2 is 1.83 bits per heavy atom. The molecular weight excluding hydrogens is 1060 g/mol. The number of hydrogen-bond acceptors (Lipinski definition) is 16. The van der Waals surface area contributed by atoms with Crippen molar-refractivity contribution < 1.29 is 75.3 Å². The van der Waals surface area contributed by atoms with Crippen molar-refractivity contribution in [1.29, 1.82) is 0 Å². The molecule has 78 heavy (non-hydrogen) atoms. The van der Waals surface area contributed by atoms with E-state index in [4.69, 9.17) is 40.0 Å². The molecule has 0 aromatic heterocycles. The van der Waals surface area contributed by atoms with Gasteiger partial charge in [0.15, 0.2) is 12.3 Å². The number of halogens is 1. The van der Waals surface area contributed by atoms with Crippen molar-refractivity contribution >= 4 is 74.5 Å². The number of ether oxygens (including phenoxy) is 6. The normalized spacial score (nSPS) is 24.7. The number of carbonyl (C=O) groups is 6. The summed E-state index contributed by atoms with van der Waals surface area (Å²) in [5, 5.41) is 21.1. The number of allylic oxidation sites excluding steroid dienone is 3. The molecule has 0 saturated carbocycles. The molecule has 4 aliphatic heterocycles. The molecule has 3 aromatic rings. The molecule has 5 amide bonds. The van der Waals surface area contributed by atoms with Gasteiger partial charge in [0.05, 0.1) is 36.6 Å². The van der Waals surface area contributed by atoms with Gasteiger partial charge in [-0.15, -0.1) is 0 Å². The van der Waals surface area contributed by atoms with Crippen LogP contribution >= 0.6 is 11.6 Å². The number of carbonyl (C=O) groups excluding carboxylic acids is 6. The summed E-state index contributed by atoms with van der Waals surface area (Å²) in [5.74, 6) is -2.34. The Kier molecular flexibility index (Phi) is 18.8. The molecule has 3 unspecified atom stereocenters. The zero-order valence-electron chi connectivity index (χ0n) is 43.9. The van der Waals surface area contributed by atoms with Crippen molar-refractivity contribution in [2.24, 2.45) is 5.10 Å². The highest BCUT2D eigenvalue weighted by atomic mass is 35.5. The number of epoxide rings is 1. The van der Waals surface area contributed by atoms with Crippen LogP contribution in [-0.4, -0.2) is 141 Å². The minimum Gasteiger partial charge on any atom is -0.495 e. The van der Waals surface area contributed by atoms with E-state index in [0.29, 0.717) is 55.8 Å². The molecule has 5 N–H and O–H groups in total. The number of amides is 5. The molecule has 4 bridgehead atoms. The maximum Gasteiger partial charge on any atom is 0.409 e. The number of benzene rings is 3. The predicted octanol–water partition coefficient (Wildman–Crippen LogP) is 5.80. The first-order valence-corrected chi connectivity index (χ1v) is 26.8. The van der Waals surface area contributed by atoms with E-state index < -0.39 is 99.1 Å². The molecule has 24 heteroatoms. The first-order valence-electron chi connectivity index (χ1n) is 25.0. The fourth-order valence-electron chi connectivity index (χ4n) is 9.32. The second kappa shape index (κ2) is 25.1. The molecule has 4 aliphatic rings. The van der Waals surface area contributed by atoms with E-state index in [9.17, 15) is 46.8 Å². The van der Waals surface area contributed by atoms with Crippen LogP contribution in [0.15, 0.2) is 101 Å². The Morgan fingerprint density at radius 1 is 1.05 bits per heavy atom. The second-order valence-electron chi connectivity index (χ2n) is 19.5.